The van der Waals surface area contributed by atoms with Crippen LogP contribution in [0.2, 0.25) is 0 Å². The maximum absolute atomic E-state index is 12.2. The lowest BCUT2D eigenvalue weighted by atomic mass is 10.1. The van der Waals surface area contributed by atoms with Crippen LogP contribution in [0.25, 0.3) is 20.8 Å². The Morgan fingerprint density at radius 3 is 2.95 bits per heavy atom. The summed E-state index contributed by atoms with van der Waals surface area (Å²) in [5.41, 5.74) is 7.01. The van der Waals surface area contributed by atoms with Gasteiger partial charge in [0.1, 0.15) is 16.9 Å². The zero-order valence-electron chi connectivity index (χ0n) is 11.9. The van der Waals surface area contributed by atoms with Gasteiger partial charge in [-0.1, -0.05) is 6.92 Å². The van der Waals surface area contributed by atoms with Crippen molar-refractivity contribution >= 4 is 34.0 Å². The number of hydrogen-bond acceptors (Lipinski definition) is 6. The van der Waals surface area contributed by atoms with Gasteiger partial charge in [-0.15, -0.1) is 23.7 Å². The summed E-state index contributed by atoms with van der Waals surface area (Å²) >= 11 is 1.39. The van der Waals surface area contributed by atoms with E-state index >= 15 is 0 Å². The van der Waals surface area contributed by atoms with Gasteiger partial charge in [-0.05, 0) is 24.6 Å². The molecule has 22 heavy (non-hydrogen) atoms. The van der Waals surface area contributed by atoms with Crippen molar-refractivity contribution < 1.29 is 0 Å². The second-order valence-corrected chi connectivity index (χ2v) is 6.03. The molecule has 3 rings (SSSR count). The van der Waals surface area contributed by atoms with Crippen LogP contribution in [0.3, 0.4) is 0 Å². The SMILES string of the molecule is C[C@@H](CN)Cc1nc2cc(-c3ccncn3)sc2c(=O)[nH]1.Cl. The molecule has 0 bridgehead atoms. The van der Waals surface area contributed by atoms with E-state index in [1.54, 1.807) is 6.20 Å². The third kappa shape index (κ3) is 3.32. The van der Waals surface area contributed by atoms with Gasteiger partial charge in [0, 0.05) is 12.6 Å². The largest absolute Gasteiger partial charge is 0.330 e. The van der Waals surface area contributed by atoms with Gasteiger partial charge in [0.15, 0.2) is 0 Å². The van der Waals surface area contributed by atoms with E-state index in [1.807, 2.05) is 19.1 Å². The Balaban J connectivity index is 0.00000176. The Morgan fingerprint density at radius 1 is 1.45 bits per heavy atom. The van der Waals surface area contributed by atoms with Gasteiger partial charge in [0.25, 0.3) is 5.56 Å². The second kappa shape index (κ2) is 6.95. The first-order valence-corrected chi connectivity index (χ1v) is 7.48. The standard InChI is InChI=1S/C14H15N5OS.ClH/c1-8(6-15)4-12-18-10-5-11(9-2-3-16-7-17-9)21-13(10)14(20)19-12;/h2-3,5,7-8H,4,6,15H2,1H3,(H,18,19,20);1H/t8-;/m1./s1. The Kier molecular flexibility index (Phi) is 5.23. The molecule has 3 N–H and O–H groups in total. The first-order valence-electron chi connectivity index (χ1n) is 6.66. The zero-order chi connectivity index (χ0) is 14.8. The van der Waals surface area contributed by atoms with E-state index in [2.05, 4.69) is 19.9 Å². The molecule has 6 nitrogen and oxygen atoms in total. The number of halogens is 1. The van der Waals surface area contributed by atoms with Gasteiger partial charge >= 0.3 is 0 Å². The first kappa shape index (κ1) is 16.5. The van der Waals surface area contributed by atoms with Crippen molar-refractivity contribution in [1.29, 1.82) is 0 Å². The summed E-state index contributed by atoms with van der Waals surface area (Å²) in [6, 6.07) is 3.71. The predicted octanol–water partition coefficient (Wildman–Crippen LogP) is 2.00. The van der Waals surface area contributed by atoms with Crippen molar-refractivity contribution in [3.8, 4) is 10.6 Å². The highest BCUT2D eigenvalue weighted by Crippen LogP contribution is 2.29. The van der Waals surface area contributed by atoms with Crippen LogP contribution in [0.15, 0.2) is 29.5 Å². The number of nitrogens with one attached hydrogen (secondary N) is 1. The van der Waals surface area contributed by atoms with Crippen LogP contribution in [0, 0.1) is 5.92 Å². The van der Waals surface area contributed by atoms with Gasteiger partial charge in [0.05, 0.1) is 16.1 Å². The normalized spacial score (nSPS) is 12.1. The summed E-state index contributed by atoms with van der Waals surface area (Å²) in [4.78, 5) is 28.5. The minimum Gasteiger partial charge on any atom is -0.330 e. The summed E-state index contributed by atoms with van der Waals surface area (Å²) < 4.78 is 0.618. The van der Waals surface area contributed by atoms with Crippen LogP contribution < -0.4 is 11.3 Å². The quantitative estimate of drug-likeness (QED) is 0.758. The number of thiophene rings is 1. The van der Waals surface area contributed by atoms with Crippen LogP contribution in [0.4, 0.5) is 0 Å². The van der Waals surface area contributed by atoms with E-state index < -0.39 is 0 Å². The van der Waals surface area contributed by atoms with E-state index in [1.165, 1.54) is 17.7 Å². The van der Waals surface area contributed by atoms with Crippen molar-refractivity contribution in [3.63, 3.8) is 0 Å². The summed E-state index contributed by atoms with van der Waals surface area (Å²) in [5, 5.41) is 0. The fourth-order valence-corrected chi connectivity index (χ4v) is 3.03. The average Bonchev–Trinajstić information content (AvgIpc) is 2.92. The molecule has 0 fully saturated rings. The fourth-order valence-electron chi connectivity index (χ4n) is 2.06. The molecule has 3 aromatic rings. The number of aromatic amines is 1. The highest BCUT2D eigenvalue weighted by atomic mass is 35.5. The maximum atomic E-state index is 12.2. The fraction of sp³-hybridized carbons (Fsp3) is 0.286. The molecule has 0 radical (unpaired) electrons. The molecular weight excluding hydrogens is 322 g/mol. The summed E-state index contributed by atoms with van der Waals surface area (Å²) in [7, 11) is 0. The Hall–Kier alpha value is -1.83. The molecule has 0 aliphatic rings. The summed E-state index contributed by atoms with van der Waals surface area (Å²) in [5.74, 6) is 0.961. The van der Waals surface area contributed by atoms with Crippen molar-refractivity contribution in [1.82, 2.24) is 19.9 Å². The topological polar surface area (TPSA) is 97.5 Å². The predicted molar refractivity (Wildman–Crippen MR) is 90.4 cm³/mol. The highest BCUT2D eigenvalue weighted by Gasteiger charge is 2.12. The molecule has 0 unspecified atom stereocenters. The average molecular weight is 338 g/mol. The van der Waals surface area contributed by atoms with E-state index in [-0.39, 0.29) is 23.9 Å². The summed E-state index contributed by atoms with van der Waals surface area (Å²) in [6.45, 7) is 2.60. The molecule has 8 heteroatoms. The molecule has 1 atom stereocenters. The molecule has 0 aliphatic heterocycles. The van der Waals surface area contributed by atoms with Gasteiger partial charge in [0.2, 0.25) is 0 Å². The van der Waals surface area contributed by atoms with Crippen LogP contribution in [0.1, 0.15) is 12.7 Å². The minimum atomic E-state index is -0.107. The lowest BCUT2D eigenvalue weighted by Gasteiger charge is -2.06. The molecular formula is C14H16ClN5OS. The van der Waals surface area contributed by atoms with E-state index in [4.69, 9.17) is 5.73 Å². The number of nitrogens with two attached hydrogens (primary N) is 1. The van der Waals surface area contributed by atoms with Crippen LogP contribution in [-0.4, -0.2) is 26.5 Å². The van der Waals surface area contributed by atoms with Gasteiger partial charge in [-0.2, -0.15) is 0 Å². The van der Waals surface area contributed by atoms with Gasteiger partial charge < -0.3 is 10.7 Å². The molecule has 0 spiro atoms. The number of hydrogen-bond donors (Lipinski definition) is 2. The number of aromatic nitrogens is 4. The molecule has 3 aromatic heterocycles. The summed E-state index contributed by atoms with van der Waals surface area (Å²) in [6.07, 6.45) is 3.84. The first-order chi connectivity index (χ1) is 10.2. The smallest absolute Gasteiger partial charge is 0.268 e. The molecule has 0 aromatic carbocycles. The third-order valence-corrected chi connectivity index (χ3v) is 4.36. The van der Waals surface area contributed by atoms with Crippen molar-refractivity contribution in [2.75, 3.05) is 6.54 Å². The molecule has 0 amide bonds. The molecule has 3 heterocycles. The molecule has 0 saturated carbocycles. The van der Waals surface area contributed by atoms with Crippen molar-refractivity contribution in [3.05, 3.63) is 40.8 Å². The lowest BCUT2D eigenvalue weighted by molar-refractivity contribution is 0.574. The maximum Gasteiger partial charge on any atom is 0.268 e. The second-order valence-electron chi connectivity index (χ2n) is 4.98. The molecule has 0 saturated heterocycles. The lowest BCUT2D eigenvalue weighted by Crippen LogP contribution is -2.17. The Morgan fingerprint density at radius 2 is 2.27 bits per heavy atom. The molecule has 116 valence electrons. The number of rotatable bonds is 4. The van der Waals surface area contributed by atoms with E-state index in [0.29, 0.717) is 29.0 Å². The van der Waals surface area contributed by atoms with Gasteiger partial charge in [-0.25, -0.2) is 15.0 Å². The van der Waals surface area contributed by atoms with Crippen LogP contribution >= 0.6 is 23.7 Å². The third-order valence-electron chi connectivity index (χ3n) is 3.21. The molecule has 0 aliphatic carbocycles. The van der Waals surface area contributed by atoms with E-state index in [0.717, 1.165) is 10.6 Å². The monoisotopic (exact) mass is 337 g/mol. The Bertz CT molecular complexity index is 817. The number of fused-ring (bicyclic) bond motifs is 1. The number of H-pyrrole nitrogens is 1. The van der Waals surface area contributed by atoms with E-state index in [9.17, 15) is 4.79 Å². The minimum absolute atomic E-state index is 0. The van der Waals surface area contributed by atoms with Crippen molar-refractivity contribution in [2.45, 2.75) is 13.3 Å². The zero-order valence-corrected chi connectivity index (χ0v) is 13.6. The highest BCUT2D eigenvalue weighted by molar-refractivity contribution is 7.22. The Labute approximate surface area is 137 Å². The number of nitrogens with zero attached hydrogens (tertiary/aromatic N) is 3. The van der Waals surface area contributed by atoms with Crippen LogP contribution in [0.5, 0.6) is 0 Å². The van der Waals surface area contributed by atoms with Crippen LogP contribution in [-0.2, 0) is 6.42 Å². The van der Waals surface area contributed by atoms with Gasteiger partial charge in [-0.3, -0.25) is 4.79 Å². The van der Waals surface area contributed by atoms with Crippen molar-refractivity contribution in [2.24, 2.45) is 11.7 Å².